The molecule has 1 rings (SSSR count). The normalized spacial score (nSPS) is 12.2. The first-order chi connectivity index (χ1) is 11.6. The summed E-state index contributed by atoms with van der Waals surface area (Å²) in [4.78, 5) is 12.2. The van der Waals surface area contributed by atoms with Crippen molar-refractivity contribution >= 4 is 14.1 Å². The molecular weight excluding hydrogens is 332 g/mol. The SMILES string of the molecule is COc1ccc(C(=O)CCCCCCO[Si](C)(C)C(C)(C)C)c(O)c1. The molecule has 1 aromatic carbocycles. The Balaban J connectivity index is 2.25. The van der Waals surface area contributed by atoms with Gasteiger partial charge >= 0.3 is 0 Å². The van der Waals surface area contributed by atoms with Gasteiger partial charge in [-0.2, -0.15) is 0 Å². The van der Waals surface area contributed by atoms with Crippen molar-refractivity contribution in [3.63, 3.8) is 0 Å². The van der Waals surface area contributed by atoms with E-state index in [9.17, 15) is 9.90 Å². The topological polar surface area (TPSA) is 55.8 Å². The molecule has 142 valence electrons. The maximum atomic E-state index is 12.2. The fourth-order valence-electron chi connectivity index (χ4n) is 2.29. The summed E-state index contributed by atoms with van der Waals surface area (Å²) >= 11 is 0. The van der Waals surface area contributed by atoms with Gasteiger partial charge in [0.15, 0.2) is 14.1 Å². The van der Waals surface area contributed by atoms with Gasteiger partial charge in [0.1, 0.15) is 11.5 Å². The Labute approximate surface area is 153 Å². The first-order valence-electron chi connectivity index (χ1n) is 9.12. The highest BCUT2D eigenvalue weighted by Crippen LogP contribution is 2.36. The summed E-state index contributed by atoms with van der Waals surface area (Å²) in [6, 6.07) is 4.81. The number of ketones is 1. The Morgan fingerprint density at radius 1 is 1.12 bits per heavy atom. The number of rotatable bonds is 10. The van der Waals surface area contributed by atoms with Crippen molar-refractivity contribution in [2.75, 3.05) is 13.7 Å². The number of carbonyl (C=O) groups excluding carboxylic acids is 1. The number of aromatic hydroxyl groups is 1. The van der Waals surface area contributed by atoms with E-state index in [1.54, 1.807) is 12.1 Å². The lowest BCUT2D eigenvalue weighted by Gasteiger charge is -2.36. The van der Waals surface area contributed by atoms with Gasteiger partial charge in [-0.25, -0.2) is 0 Å². The van der Waals surface area contributed by atoms with Gasteiger partial charge in [0.2, 0.25) is 0 Å². The number of carbonyl (C=O) groups is 1. The maximum absolute atomic E-state index is 12.2. The standard InChI is InChI=1S/C20H34O4Si/c1-20(2,3)25(5,6)24-14-10-8-7-9-11-18(21)17-13-12-16(23-4)15-19(17)22/h12-13,15,22H,7-11,14H2,1-6H3. The molecule has 0 fully saturated rings. The van der Waals surface area contributed by atoms with Crippen LogP contribution in [0.5, 0.6) is 11.5 Å². The first kappa shape index (κ1) is 21.7. The van der Waals surface area contributed by atoms with Crippen LogP contribution in [-0.2, 0) is 4.43 Å². The molecule has 1 aromatic rings. The second-order valence-corrected chi connectivity index (χ2v) is 12.9. The third-order valence-electron chi connectivity index (χ3n) is 5.07. The minimum Gasteiger partial charge on any atom is -0.507 e. The van der Waals surface area contributed by atoms with E-state index in [-0.39, 0.29) is 16.6 Å². The Kier molecular flexibility index (Phi) is 8.15. The number of phenolic OH excluding ortho intramolecular Hbond substituents is 1. The molecule has 0 amide bonds. The van der Waals surface area contributed by atoms with Gasteiger partial charge in [0, 0.05) is 19.1 Å². The zero-order chi connectivity index (χ0) is 19.1. The van der Waals surface area contributed by atoms with E-state index in [2.05, 4.69) is 33.9 Å². The summed E-state index contributed by atoms with van der Waals surface area (Å²) in [7, 11) is -0.109. The van der Waals surface area contributed by atoms with Crippen LogP contribution >= 0.6 is 0 Å². The molecule has 25 heavy (non-hydrogen) atoms. The van der Waals surface area contributed by atoms with Crippen molar-refractivity contribution in [3.05, 3.63) is 23.8 Å². The average molecular weight is 367 g/mol. The Bertz CT molecular complexity index is 561. The molecule has 0 bridgehead atoms. The molecule has 0 unspecified atom stereocenters. The summed E-state index contributed by atoms with van der Waals surface area (Å²) in [6.07, 6.45) is 4.40. The molecule has 0 aliphatic rings. The van der Waals surface area contributed by atoms with E-state index in [0.29, 0.717) is 17.7 Å². The van der Waals surface area contributed by atoms with Crippen LogP contribution in [0.15, 0.2) is 18.2 Å². The molecule has 1 N–H and O–H groups in total. The lowest BCUT2D eigenvalue weighted by molar-refractivity contribution is 0.0976. The molecule has 0 aliphatic heterocycles. The minimum absolute atomic E-state index is 0.00730. The Morgan fingerprint density at radius 3 is 2.32 bits per heavy atom. The summed E-state index contributed by atoms with van der Waals surface area (Å²) in [5.74, 6) is 0.528. The summed E-state index contributed by atoms with van der Waals surface area (Å²) in [5, 5.41) is 10.1. The molecule has 0 aliphatic carbocycles. The minimum atomic E-state index is -1.64. The van der Waals surface area contributed by atoms with E-state index < -0.39 is 8.32 Å². The van der Waals surface area contributed by atoms with Crippen LogP contribution in [0.2, 0.25) is 18.1 Å². The number of benzene rings is 1. The van der Waals surface area contributed by atoms with Crippen LogP contribution in [-0.4, -0.2) is 32.9 Å². The van der Waals surface area contributed by atoms with Crippen molar-refractivity contribution in [2.45, 2.75) is 71.0 Å². The average Bonchev–Trinajstić information content (AvgIpc) is 2.52. The highest BCUT2D eigenvalue weighted by Gasteiger charge is 2.36. The molecule has 0 saturated carbocycles. The molecule has 0 radical (unpaired) electrons. The van der Waals surface area contributed by atoms with Crippen LogP contribution in [0.1, 0.15) is 63.2 Å². The summed E-state index contributed by atoms with van der Waals surface area (Å²) in [6.45, 7) is 12.1. The second-order valence-electron chi connectivity index (χ2n) is 8.08. The Morgan fingerprint density at radius 2 is 1.76 bits per heavy atom. The number of Topliss-reactive ketones (excluding diaryl/α,β-unsaturated/α-hetero) is 1. The third kappa shape index (κ3) is 6.82. The highest BCUT2D eigenvalue weighted by atomic mass is 28.4. The number of methoxy groups -OCH3 is 1. The van der Waals surface area contributed by atoms with Crippen molar-refractivity contribution < 1.29 is 19.1 Å². The van der Waals surface area contributed by atoms with Gasteiger partial charge in [-0.3, -0.25) is 4.79 Å². The van der Waals surface area contributed by atoms with Crippen molar-refractivity contribution in [2.24, 2.45) is 0 Å². The largest absolute Gasteiger partial charge is 0.507 e. The number of ether oxygens (including phenoxy) is 1. The van der Waals surface area contributed by atoms with Crippen LogP contribution in [0.4, 0.5) is 0 Å². The molecule has 0 aromatic heterocycles. The first-order valence-corrected chi connectivity index (χ1v) is 12.0. The quantitative estimate of drug-likeness (QED) is 0.335. The second kappa shape index (κ2) is 9.39. The lowest BCUT2D eigenvalue weighted by atomic mass is 10.0. The van der Waals surface area contributed by atoms with E-state index in [1.807, 2.05) is 0 Å². The molecule has 4 nitrogen and oxygen atoms in total. The van der Waals surface area contributed by atoms with E-state index in [4.69, 9.17) is 9.16 Å². The van der Waals surface area contributed by atoms with E-state index >= 15 is 0 Å². The fourth-order valence-corrected chi connectivity index (χ4v) is 3.38. The van der Waals surface area contributed by atoms with Crippen LogP contribution in [0, 0.1) is 0 Å². The number of hydrogen-bond acceptors (Lipinski definition) is 4. The van der Waals surface area contributed by atoms with Crippen molar-refractivity contribution in [1.29, 1.82) is 0 Å². The predicted octanol–water partition coefficient (Wildman–Crippen LogP) is 5.56. The maximum Gasteiger partial charge on any atom is 0.191 e. The zero-order valence-electron chi connectivity index (χ0n) is 16.6. The molecule has 0 atom stereocenters. The van der Waals surface area contributed by atoms with Crippen LogP contribution < -0.4 is 4.74 Å². The van der Waals surface area contributed by atoms with Crippen molar-refractivity contribution in [3.8, 4) is 11.5 Å². The van der Waals surface area contributed by atoms with E-state index in [1.165, 1.54) is 13.2 Å². The van der Waals surface area contributed by atoms with Gasteiger partial charge in [-0.05, 0) is 43.1 Å². The summed E-state index contributed by atoms with van der Waals surface area (Å²) < 4.78 is 11.2. The molecule has 0 heterocycles. The van der Waals surface area contributed by atoms with Crippen LogP contribution in [0.25, 0.3) is 0 Å². The number of phenols is 1. The van der Waals surface area contributed by atoms with Crippen molar-refractivity contribution in [1.82, 2.24) is 0 Å². The summed E-state index contributed by atoms with van der Waals surface area (Å²) in [5.41, 5.74) is 0.377. The Hall–Kier alpha value is -1.33. The van der Waals surface area contributed by atoms with Gasteiger partial charge in [-0.15, -0.1) is 0 Å². The highest BCUT2D eigenvalue weighted by molar-refractivity contribution is 6.74. The molecular formula is C20H34O4Si. The molecule has 5 heteroatoms. The zero-order valence-corrected chi connectivity index (χ0v) is 17.6. The van der Waals surface area contributed by atoms with Gasteiger partial charge in [0.25, 0.3) is 0 Å². The monoisotopic (exact) mass is 366 g/mol. The number of unbranched alkanes of at least 4 members (excludes halogenated alkanes) is 3. The lowest BCUT2D eigenvalue weighted by Crippen LogP contribution is -2.40. The van der Waals surface area contributed by atoms with E-state index in [0.717, 1.165) is 32.3 Å². The molecule has 0 spiro atoms. The third-order valence-corrected chi connectivity index (χ3v) is 9.61. The van der Waals surface area contributed by atoms with Gasteiger partial charge in [-0.1, -0.05) is 33.6 Å². The van der Waals surface area contributed by atoms with Crippen LogP contribution in [0.3, 0.4) is 0 Å². The van der Waals surface area contributed by atoms with Gasteiger partial charge < -0.3 is 14.3 Å². The predicted molar refractivity (Wildman–Crippen MR) is 105 cm³/mol. The smallest absolute Gasteiger partial charge is 0.191 e. The fraction of sp³-hybridized carbons (Fsp3) is 0.650. The van der Waals surface area contributed by atoms with Gasteiger partial charge in [0.05, 0.1) is 12.7 Å². The number of hydrogen-bond donors (Lipinski definition) is 1. The molecule has 0 saturated heterocycles.